The monoisotopic (exact) mass is 215 g/mol. The Kier molecular flexibility index (Phi) is 4.36. The van der Waals surface area contributed by atoms with Crippen LogP contribution in [-0.4, -0.2) is 21.7 Å². The minimum atomic E-state index is 0.0422. The van der Waals surface area contributed by atoms with Gasteiger partial charge in [-0.25, -0.2) is 10.9 Å². The number of nitrogens with one attached hydrogen (secondary N) is 2. The summed E-state index contributed by atoms with van der Waals surface area (Å²) in [5.74, 6) is 0. The lowest BCUT2D eigenvalue weighted by Gasteiger charge is -2.44. The number of hydrogen-bond acceptors (Lipinski definition) is 3. The van der Waals surface area contributed by atoms with Crippen LogP contribution in [0, 0.1) is 0 Å². The van der Waals surface area contributed by atoms with Crippen molar-refractivity contribution in [2.45, 2.75) is 78.9 Å². The summed E-state index contributed by atoms with van der Waals surface area (Å²) >= 11 is 0. The summed E-state index contributed by atoms with van der Waals surface area (Å²) in [4.78, 5) is 0. The van der Waals surface area contributed by atoms with E-state index < -0.39 is 0 Å². The minimum Gasteiger partial charge on any atom is -0.236 e. The van der Waals surface area contributed by atoms with Crippen LogP contribution in [0.2, 0.25) is 0 Å². The first kappa shape index (κ1) is 14.9. The third-order valence-corrected chi connectivity index (χ3v) is 1.57. The Hall–Kier alpha value is -0.120. The Morgan fingerprint density at radius 2 is 0.867 bits per heavy atom. The van der Waals surface area contributed by atoms with Crippen molar-refractivity contribution in [2.75, 3.05) is 0 Å². The molecule has 0 saturated heterocycles. The molecule has 0 aliphatic heterocycles. The smallest absolute Gasteiger partial charge is 0.0426 e. The van der Waals surface area contributed by atoms with Gasteiger partial charge in [-0.05, 0) is 62.3 Å². The van der Waals surface area contributed by atoms with Crippen molar-refractivity contribution in [3.05, 3.63) is 0 Å². The molecule has 0 spiro atoms. The SMILES string of the molecule is CC(C)(C)NN(NC(C)(C)C)C(C)(C)C. The van der Waals surface area contributed by atoms with Crippen LogP contribution in [0.3, 0.4) is 0 Å². The first-order chi connectivity index (χ1) is 6.31. The molecule has 0 amide bonds. The van der Waals surface area contributed by atoms with Crippen LogP contribution in [0.5, 0.6) is 0 Å². The lowest BCUT2D eigenvalue weighted by molar-refractivity contribution is -0.0428. The summed E-state index contributed by atoms with van der Waals surface area (Å²) in [7, 11) is 0. The van der Waals surface area contributed by atoms with Crippen LogP contribution in [0.1, 0.15) is 62.3 Å². The lowest BCUT2D eigenvalue weighted by atomic mass is 10.1. The molecule has 0 unspecified atom stereocenters. The summed E-state index contributed by atoms with van der Waals surface area (Å²) in [5, 5.41) is 2.10. The van der Waals surface area contributed by atoms with Crippen molar-refractivity contribution < 1.29 is 0 Å². The molecule has 0 fully saturated rings. The zero-order chi connectivity index (χ0) is 12.5. The number of rotatable bonds is 2. The van der Waals surface area contributed by atoms with Crippen molar-refractivity contribution in [1.29, 1.82) is 0 Å². The van der Waals surface area contributed by atoms with Crippen molar-refractivity contribution in [1.82, 2.24) is 16.0 Å². The van der Waals surface area contributed by atoms with Crippen LogP contribution < -0.4 is 10.9 Å². The predicted molar refractivity (Wildman–Crippen MR) is 67.4 cm³/mol. The second-order valence-electron chi connectivity index (χ2n) is 7.23. The number of nitrogens with zero attached hydrogens (tertiary/aromatic N) is 1. The summed E-state index contributed by atoms with van der Waals surface area (Å²) in [6.07, 6.45) is 0. The van der Waals surface area contributed by atoms with Crippen molar-refractivity contribution in [3.63, 3.8) is 0 Å². The normalized spacial score (nSPS) is 14.8. The Bertz CT molecular complexity index is 174. The van der Waals surface area contributed by atoms with Crippen molar-refractivity contribution in [3.8, 4) is 0 Å². The molecule has 0 saturated carbocycles. The van der Waals surface area contributed by atoms with E-state index in [1.54, 1.807) is 0 Å². The van der Waals surface area contributed by atoms with Crippen LogP contribution in [-0.2, 0) is 0 Å². The molecule has 0 aromatic rings. The summed E-state index contributed by atoms with van der Waals surface area (Å²) in [6.45, 7) is 19.5. The van der Waals surface area contributed by atoms with Gasteiger partial charge < -0.3 is 0 Å². The van der Waals surface area contributed by atoms with Gasteiger partial charge >= 0.3 is 0 Å². The molecule has 2 N–H and O–H groups in total. The molecule has 3 heteroatoms. The second kappa shape index (κ2) is 4.40. The van der Waals surface area contributed by atoms with E-state index in [4.69, 9.17) is 0 Å². The highest BCUT2D eigenvalue weighted by Crippen LogP contribution is 2.14. The molecule has 0 bridgehead atoms. The van der Waals surface area contributed by atoms with E-state index in [9.17, 15) is 0 Å². The molecule has 0 aliphatic rings. The molecule has 92 valence electrons. The van der Waals surface area contributed by atoms with E-state index in [0.29, 0.717) is 0 Å². The fourth-order valence-corrected chi connectivity index (χ4v) is 1.03. The van der Waals surface area contributed by atoms with Gasteiger partial charge in [0.1, 0.15) is 0 Å². The average Bonchev–Trinajstić information content (AvgIpc) is 1.75. The van der Waals surface area contributed by atoms with Gasteiger partial charge in [-0.15, -0.1) is 0 Å². The third kappa shape index (κ3) is 7.77. The first-order valence-electron chi connectivity index (χ1n) is 5.67. The summed E-state index contributed by atoms with van der Waals surface area (Å²) in [5.41, 5.74) is 7.11. The molecule has 0 heterocycles. The van der Waals surface area contributed by atoms with Gasteiger partial charge in [-0.2, -0.15) is 5.12 Å². The number of hydrogen-bond donors (Lipinski definition) is 2. The first-order valence-corrected chi connectivity index (χ1v) is 5.67. The molecule has 0 aliphatic carbocycles. The van der Waals surface area contributed by atoms with Crippen molar-refractivity contribution in [2.24, 2.45) is 0 Å². The maximum atomic E-state index is 3.47. The fraction of sp³-hybridized carbons (Fsp3) is 1.00. The standard InChI is InChI=1S/C12H29N3/c1-10(2,3)13-15(12(7,8)9)14-11(4,5)6/h13-14H,1-9H3. The second-order valence-corrected chi connectivity index (χ2v) is 7.23. The maximum Gasteiger partial charge on any atom is 0.0426 e. The summed E-state index contributed by atoms with van der Waals surface area (Å²) in [6, 6.07) is 0. The fourth-order valence-electron chi connectivity index (χ4n) is 1.03. The Balaban J connectivity index is 4.62. The van der Waals surface area contributed by atoms with Crippen LogP contribution in [0.15, 0.2) is 0 Å². The largest absolute Gasteiger partial charge is 0.236 e. The Morgan fingerprint density at radius 3 is 1.00 bits per heavy atom. The molecule has 0 atom stereocenters. The Labute approximate surface area is 95.6 Å². The maximum absolute atomic E-state index is 3.47. The quantitative estimate of drug-likeness (QED) is 0.694. The van der Waals surface area contributed by atoms with Crippen LogP contribution in [0.25, 0.3) is 0 Å². The topological polar surface area (TPSA) is 27.3 Å². The predicted octanol–water partition coefficient (Wildman–Crippen LogP) is 2.69. The highest BCUT2D eigenvalue weighted by Gasteiger charge is 2.28. The van der Waals surface area contributed by atoms with Crippen LogP contribution in [0.4, 0.5) is 0 Å². The average molecular weight is 215 g/mol. The van der Waals surface area contributed by atoms with Gasteiger partial charge in [0, 0.05) is 16.6 Å². The molecule has 0 rings (SSSR count). The zero-order valence-corrected chi connectivity index (χ0v) is 11.9. The molecular weight excluding hydrogens is 186 g/mol. The van der Waals surface area contributed by atoms with E-state index in [0.717, 1.165) is 0 Å². The lowest BCUT2D eigenvalue weighted by Crippen LogP contribution is -2.66. The van der Waals surface area contributed by atoms with E-state index >= 15 is 0 Å². The van der Waals surface area contributed by atoms with Gasteiger partial charge in [0.15, 0.2) is 0 Å². The number of hydrazine groups is 2. The molecule has 3 nitrogen and oxygen atoms in total. The van der Waals surface area contributed by atoms with Gasteiger partial charge in [0.05, 0.1) is 0 Å². The van der Waals surface area contributed by atoms with Crippen molar-refractivity contribution >= 4 is 0 Å². The molecule has 0 aromatic carbocycles. The molecule has 15 heavy (non-hydrogen) atoms. The van der Waals surface area contributed by atoms with E-state index in [2.05, 4.69) is 78.3 Å². The van der Waals surface area contributed by atoms with Gasteiger partial charge in [-0.1, -0.05) is 0 Å². The van der Waals surface area contributed by atoms with Gasteiger partial charge in [0.25, 0.3) is 0 Å². The Morgan fingerprint density at radius 1 is 0.600 bits per heavy atom. The molecule has 0 aromatic heterocycles. The highest BCUT2D eigenvalue weighted by atomic mass is 15.8. The van der Waals surface area contributed by atoms with Gasteiger partial charge in [0.2, 0.25) is 0 Å². The molecular formula is C12H29N3. The van der Waals surface area contributed by atoms with E-state index in [1.165, 1.54) is 0 Å². The van der Waals surface area contributed by atoms with E-state index in [-0.39, 0.29) is 16.6 Å². The third-order valence-electron chi connectivity index (χ3n) is 1.57. The van der Waals surface area contributed by atoms with Gasteiger partial charge in [-0.3, -0.25) is 0 Å². The molecule has 0 radical (unpaired) electrons. The summed E-state index contributed by atoms with van der Waals surface area (Å²) < 4.78 is 0. The van der Waals surface area contributed by atoms with Crippen LogP contribution >= 0.6 is 0 Å². The highest BCUT2D eigenvalue weighted by molar-refractivity contribution is 4.79. The van der Waals surface area contributed by atoms with E-state index in [1.807, 2.05) is 0 Å². The minimum absolute atomic E-state index is 0.0422. The zero-order valence-electron chi connectivity index (χ0n) is 11.9.